The summed E-state index contributed by atoms with van der Waals surface area (Å²) in [7, 11) is 0. The molecule has 0 aliphatic heterocycles. The molecule has 0 aliphatic rings. The van der Waals surface area contributed by atoms with E-state index in [0.29, 0.717) is 12.3 Å². The molecule has 0 radical (unpaired) electrons. The van der Waals surface area contributed by atoms with Crippen LogP contribution in [0.15, 0.2) is 36.4 Å². The Balaban J connectivity index is 1.86. The number of hydrogen-bond acceptors (Lipinski definition) is 4. The number of fused-ring (bicyclic) bond motifs is 1. The first-order chi connectivity index (χ1) is 11.7. The third-order valence-corrected chi connectivity index (χ3v) is 3.99. The largest absolute Gasteiger partial charge is 0.506 e. The first kappa shape index (κ1) is 16.3. The van der Waals surface area contributed by atoms with E-state index in [1.807, 2.05) is 43.3 Å². The number of aromatic nitrogens is 3. The summed E-state index contributed by atoms with van der Waals surface area (Å²) in [5, 5.41) is 19.2. The number of nitrogens with zero attached hydrogens (tertiary/aromatic N) is 3. The molecule has 24 heavy (non-hydrogen) atoms. The zero-order chi connectivity index (χ0) is 16.9. The van der Waals surface area contributed by atoms with Crippen molar-refractivity contribution in [2.45, 2.75) is 39.5 Å². The third kappa shape index (κ3) is 3.50. The number of rotatable bonds is 7. The summed E-state index contributed by atoms with van der Waals surface area (Å²) in [6.07, 6.45) is 4.52. The molecule has 0 saturated heterocycles. The van der Waals surface area contributed by atoms with Crippen molar-refractivity contribution in [3.05, 3.63) is 42.0 Å². The van der Waals surface area contributed by atoms with Gasteiger partial charge in [-0.15, -0.1) is 15.0 Å². The molecule has 0 fully saturated rings. The molecule has 1 aromatic heterocycles. The van der Waals surface area contributed by atoms with Gasteiger partial charge in [0.15, 0.2) is 0 Å². The third-order valence-electron chi connectivity index (χ3n) is 3.99. The average molecular weight is 325 g/mol. The fourth-order valence-corrected chi connectivity index (χ4v) is 2.73. The molecular formula is C19H23N3O2. The molecule has 126 valence electrons. The summed E-state index contributed by atoms with van der Waals surface area (Å²) in [4.78, 5) is 1.48. The standard InChI is InChI=1S/C19H23N3O2/c1-3-5-6-7-14-8-11-18(19(23)12-14)22-20-16-10-9-15(24-4-2)13-17(16)21-22/h8-13,23H,3-7H2,1-2H3. The van der Waals surface area contributed by atoms with Gasteiger partial charge in [0.25, 0.3) is 0 Å². The Morgan fingerprint density at radius 3 is 2.58 bits per heavy atom. The van der Waals surface area contributed by atoms with Crippen molar-refractivity contribution in [1.82, 2.24) is 15.0 Å². The number of phenols is 1. The first-order valence-electron chi connectivity index (χ1n) is 8.53. The van der Waals surface area contributed by atoms with Crippen LogP contribution >= 0.6 is 0 Å². The predicted molar refractivity (Wildman–Crippen MR) is 94.9 cm³/mol. The Kier molecular flexibility index (Phi) is 4.99. The Morgan fingerprint density at radius 2 is 1.83 bits per heavy atom. The van der Waals surface area contributed by atoms with Crippen LogP contribution in [-0.2, 0) is 6.42 Å². The number of aryl methyl sites for hydroxylation is 1. The highest BCUT2D eigenvalue weighted by Gasteiger charge is 2.10. The van der Waals surface area contributed by atoms with Crippen molar-refractivity contribution in [2.75, 3.05) is 6.61 Å². The molecule has 5 nitrogen and oxygen atoms in total. The zero-order valence-corrected chi connectivity index (χ0v) is 14.2. The van der Waals surface area contributed by atoms with Crippen LogP contribution < -0.4 is 4.74 Å². The monoisotopic (exact) mass is 325 g/mol. The van der Waals surface area contributed by atoms with Crippen molar-refractivity contribution in [1.29, 1.82) is 0 Å². The lowest BCUT2D eigenvalue weighted by atomic mass is 10.1. The molecule has 3 aromatic rings. The summed E-state index contributed by atoms with van der Waals surface area (Å²) in [5.41, 5.74) is 3.24. The van der Waals surface area contributed by atoms with Gasteiger partial charge >= 0.3 is 0 Å². The smallest absolute Gasteiger partial charge is 0.143 e. The molecule has 0 aliphatic carbocycles. The quantitative estimate of drug-likeness (QED) is 0.659. The van der Waals surface area contributed by atoms with Crippen LogP contribution in [0.2, 0.25) is 0 Å². The number of hydrogen-bond donors (Lipinski definition) is 1. The van der Waals surface area contributed by atoms with E-state index in [0.717, 1.165) is 35.2 Å². The first-order valence-corrected chi connectivity index (χ1v) is 8.53. The summed E-state index contributed by atoms with van der Waals surface area (Å²) in [6.45, 7) is 4.74. The highest BCUT2D eigenvalue weighted by molar-refractivity contribution is 5.75. The minimum Gasteiger partial charge on any atom is -0.506 e. The van der Waals surface area contributed by atoms with Crippen LogP contribution in [0.5, 0.6) is 11.5 Å². The topological polar surface area (TPSA) is 60.2 Å². The van der Waals surface area contributed by atoms with Crippen molar-refractivity contribution in [3.8, 4) is 17.2 Å². The van der Waals surface area contributed by atoms with Gasteiger partial charge in [0, 0.05) is 6.07 Å². The second kappa shape index (κ2) is 7.34. The molecular weight excluding hydrogens is 302 g/mol. The van der Waals surface area contributed by atoms with Gasteiger partial charge in [0.1, 0.15) is 28.2 Å². The lowest BCUT2D eigenvalue weighted by Crippen LogP contribution is -1.99. The number of phenolic OH excluding ortho intramolecular Hbond substituents is 1. The lowest BCUT2D eigenvalue weighted by Gasteiger charge is -2.06. The Labute approximate surface area is 141 Å². The van der Waals surface area contributed by atoms with E-state index in [-0.39, 0.29) is 5.75 Å². The van der Waals surface area contributed by atoms with Gasteiger partial charge in [0.05, 0.1) is 6.61 Å². The molecule has 2 aromatic carbocycles. The predicted octanol–water partition coefficient (Wildman–Crippen LogP) is 4.26. The second-order valence-electron chi connectivity index (χ2n) is 5.85. The Hall–Kier alpha value is -2.56. The average Bonchev–Trinajstić information content (AvgIpc) is 2.98. The maximum Gasteiger partial charge on any atom is 0.143 e. The van der Waals surface area contributed by atoms with Crippen LogP contribution in [0.1, 0.15) is 38.7 Å². The van der Waals surface area contributed by atoms with Gasteiger partial charge in [-0.3, -0.25) is 0 Å². The number of ether oxygens (including phenoxy) is 1. The van der Waals surface area contributed by atoms with Crippen LogP contribution in [0.3, 0.4) is 0 Å². The van der Waals surface area contributed by atoms with Crippen LogP contribution in [0.4, 0.5) is 0 Å². The minimum atomic E-state index is 0.203. The van der Waals surface area contributed by atoms with Crippen molar-refractivity contribution in [3.63, 3.8) is 0 Å². The highest BCUT2D eigenvalue weighted by atomic mass is 16.5. The normalized spacial score (nSPS) is 11.1. The Morgan fingerprint density at radius 1 is 1.00 bits per heavy atom. The molecule has 1 N–H and O–H groups in total. The zero-order valence-electron chi connectivity index (χ0n) is 14.2. The second-order valence-corrected chi connectivity index (χ2v) is 5.85. The Bertz CT molecular complexity index is 827. The number of aromatic hydroxyl groups is 1. The summed E-state index contributed by atoms with van der Waals surface area (Å²) in [5.74, 6) is 0.974. The van der Waals surface area contributed by atoms with Gasteiger partial charge in [-0.25, -0.2) is 0 Å². The molecule has 0 unspecified atom stereocenters. The minimum absolute atomic E-state index is 0.203. The molecule has 5 heteroatoms. The molecule has 0 saturated carbocycles. The van der Waals surface area contributed by atoms with Crippen LogP contribution in [0.25, 0.3) is 16.7 Å². The van der Waals surface area contributed by atoms with E-state index < -0.39 is 0 Å². The maximum atomic E-state index is 10.3. The van der Waals surface area contributed by atoms with Crippen molar-refractivity contribution >= 4 is 11.0 Å². The molecule has 0 spiro atoms. The SMILES string of the molecule is CCCCCc1ccc(-n2nc3ccc(OCC)cc3n2)c(O)c1. The van der Waals surface area contributed by atoms with Gasteiger partial charge in [-0.2, -0.15) is 0 Å². The summed E-state index contributed by atoms with van der Waals surface area (Å²) in [6, 6.07) is 11.3. The molecule has 3 rings (SSSR count). The summed E-state index contributed by atoms with van der Waals surface area (Å²) < 4.78 is 5.49. The lowest BCUT2D eigenvalue weighted by molar-refractivity contribution is 0.340. The van der Waals surface area contributed by atoms with E-state index in [2.05, 4.69) is 17.1 Å². The van der Waals surface area contributed by atoms with E-state index in [1.54, 1.807) is 0 Å². The van der Waals surface area contributed by atoms with Gasteiger partial charge in [0.2, 0.25) is 0 Å². The van der Waals surface area contributed by atoms with Crippen LogP contribution in [-0.4, -0.2) is 26.7 Å². The van der Waals surface area contributed by atoms with Crippen molar-refractivity contribution in [2.24, 2.45) is 0 Å². The van der Waals surface area contributed by atoms with E-state index in [4.69, 9.17) is 4.74 Å². The van der Waals surface area contributed by atoms with E-state index in [9.17, 15) is 5.11 Å². The van der Waals surface area contributed by atoms with Crippen LogP contribution in [0, 0.1) is 0 Å². The number of benzene rings is 2. The highest BCUT2D eigenvalue weighted by Crippen LogP contribution is 2.25. The van der Waals surface area contributed by atoms with Gasteiger partial charge < -0.3 is 9.84 Å². The molecule has 1 heterocycles. The molecule has 0 bridgehead atoms. The fraction of sp³-hybridized carbons (Fsp3) is 0.368. The molecule has 0 atom stereocenters. The van der Waals surface area contributed by atoms with Gasteiger partial charge in [-0.1, -0.05) is 25.8 Å². The summed E-state index contributed by atoms with van der Waals surface area (Å²) >= 11 is 0. The fourth-order valence-electron chi connectivity index (χ4n) is 2.73. The van der Waals surface area contributed by atoms with Crippen molar-refractivity contribution < 1.29 is 9.84 Å². The van der Waals surface area contributed by atoms with E-state index in [1.165, 1.54) is 17.6 Å². The molecule has 0 amide bonds. The van der Waals surface area contributed by atoms with E-state index >= 15 is 0 Å². The van der Waals surface area contributed by atoms with Gasteiger partial charge in [-0.05, 0) is 49.6 Å². The number of unbranched alkanes of at least 4 members (excludes halogenated alkanes) is 2. The maximum absolute atomic E-state index is 10.3.